The van der Waals surface area contributed by atoms with Crippen molar-refractivity contribution in [1.29, 1.82) is 0 Å². The molecule has 20 heavy (non-hydrogen) atoms. The maximum absolute atomic E-state index is 12.4. The van der Waals surface area contributed by atoms with E-state index in [0.717, 1.165) is 24.9 Å². The number of sulfonamides is 1. The van der Waals surface area contributed by atoms with Crippen LogP contribution in [0.3, 0.4) is 0 Å². The summed E-state index contributed by atoms with van der Waals surface area (Å²) in [4.78, 5) is 0. The van der Waals surface area contributed by atoms with Crippen molar-refractivity contribution in [3.63, 3.8) is 0 Å². The van der Waals surface area contributed by atoms with Gasteiger partial charge in [0.15, 0.2) is 0 Å². The van der Waals surface area contributed by atoms with Gasteiger partial charge in [-0.05, 0) is 36.9 Å². The minimum Gasteiger partial charge on any atom is -0.312 e. The van der Waals surface area contributed by atoms with Gasteiger partial charge in [-0.15, -0.1) is 0 Å². The van der Waals surface area contributed by atoms with Crippen LogP contribution in [0, 0.1) is 5.92 Å². The molecule has 2 aliphatic rings. The summed E-state index contributed by atoms with van der Waals surface area (Å²) in [5.74, 6) is 0.476. The van der Waals surface area contributed by atoms with Crippen LogP contribution in [0.2, 0.25) is 0 Å². The van der Waals surface area contributed by atoms with E-state index in [1.807, 2.05) is 30.3 Å². The molecule has 1 aromatic rings. The summed E-state index contributed by atoms with van der Waals surface area (Å²) in [7, 11) is -3.30. The fourth-order valence-corrected chi connectivity index (χ4v) is 4.30. The maximum Gasteiger partial charge on any atom is 0.236 e. The van der Waals surface area contributed by atoms with Crippen molar-refractivity contribution in [1.82, 2.24) is 9.62 Å². The molecule has 0 radical (unpaired) electrons. The molecule has 0 aliphatic carbocycles. The van der Waals surface area contributed by atoms with Crippen molar-refractivity contribution in [2.75, 3.05) is 19.6 Å². The monoisotopic (exact) mass is 292 g/mol. The summed E-state index contributed by atoms with van der Waals surface area (Å²) in [6, 6.07) is 9.86. The average Bonchev–Trinajstić information content (AvgIpc) is 2.91. The van der Waals surface area contributed by atoms with Gasteiger partial charge in [0.2, 0.25) is 10.0 Å². The molecule has 4 nitrogen and oxygen atoms in total. The molecule has 2 heterocycles. The highest BCUT2D eigenvalue weighted by atomic mass is 32.2. The quantitative estimate of drug-likeness (QED) is 0.922. The zero-order valence-corrected chi connectivity index (χ0v) is 12.2. The number of hydrogen-bond donors (Lipinski definition) is 1. The van der Waals surface area contributed by atoms with Crippen molar-refractivity contribution in [3.05, 3.63) is 41.3 Å². The van der Waals surface area contributed by atoms with E-state index in [0.29, 0.717) is 25.0 Å². The van der Waals surface area contributed by atoms with Gasteiger partial charge >= 0.3 is 0 Å². The molecule has 0 saturated carbocycles. The van der Waals surface area contributed by atoms with Crippen molar-refractivity contribution in [2.24, 2.45) is 5.92 Å². The molecule has 0 amide bonds. The predicted octanol–water partition coefficient (Wildman–Crippen LogP) is 1.67. The summed E-state index contributed by atoms with van der Waals surface area (Å²) >= 11 is 0. The lowest BCUT2D eigenvalue weighted by Gasteiger charge is -2.24. The molecule has 2 fully saturated rings. The van der Waals surface area contributed by atoms with Crippen LogP contribution in [-0.4, -0.2) is 38.4 Å². The summed E-state index contributed by atoms with van der Waals surface area (Å²) in [5, 5.41) is 4.76. The minimum absolute atomic E-state index is 0.337. The third-order valence-corrected chi connectivity index (χ3v) is 5.66. The van der Waals surface area contributed by atoms with Crippen LogP contribution >= 0.6 is 0 Å². The van der Waals surface area contributed by atoms with Crippen molar-refractivity contribution < 1.29 is 8.42 Å². The van der Waals surface area contributed by atoms with Crippen LogP contribution in [0.15, 0.2) is 35.7 Å². The normalized spacial score (nSPS) is 27.8. The highest BCUT2D eigenvalue weighted by Crippen LogP contribution is 2.27. The van der Waals surface area contributed by atoms with E-state index in [1.54, 1.807) is 10.4 Å². The van der Waals surface area contributed by atoms with Gasteiger partial charge in [-0.25, -0.2) is 8.42 Å². The molecule has 108 valence electrons. The Morgan fingerprint density at radius 2 is 2.00 bits per heavy atom. The maximum atomic E-state index is 12.4. The first kappa shape index (κ1) is 13.8. The predicted molar refractivity (Wildman–Crippen MR) is 80.5 cm³/mol. The van der Waals surface area contributed by atoms with Crippen molar-refractivity contribution in [3.8, 4) is 0 Å². The Morgan fingerprint density at radius 1 is 1.20 bits per heavy atom. The summed E-state index contributed by atoms with van der Waals surface area (Å²) in [6.07, 6.45) is 3.95. The fourth-order valence-electron chi connectivity index (χ4n) is 3.03. The van der Waals surface area contributed by atoms with Crippen LogP contribution < -0.4 is 5.32 Å². The Morgan fingerprint density at radius 3 is 2.75 bits per heavy atom. The molecule has 2 atom stereocenters. The first-order valence-corrected chi connectivity index (χ1v) is 8.62. The summed E-state index contributed by atoms with van der Waals surface area (Å²) < 4.78 is 26.3. The SMILES string of the molecule is O=S(=O)(/C=C/c1ccccc1)N1C[C@@H]2CCCN[C@@H]2C1. The number of rotatable bonds is 3. The van der Waals surface area contributed by atoms with E-state index in [9.17, 15) is 8.42 Å². The van der Waals surface area contributed by atoms with Crippen molar-refractivity contribution >= 4 is 16.1 Å². The molecule has 5 heteroatoms. The zero-order chi connectivity index (χ0) is 14.0. The minimum atomic E-state index is -3.30. The van der Waals surface area contributed by atoms with Gasteiger partial charge in [0, 0.05) is 24.5 Å². The smallest absolute Gasteiger partial charge is 0.236 e. The van der Waals surface area contributed by atoms with E-state index in [-0.39, 0.29) is 0 Å². The van der Waals surface area contributed by atoms with Crippen LogP contribution in [0.1, 0.15) is 18.4 Å². The zero-order valence-electron chi connectivity index (χ0n) is 11.4. The Bertz CT molecular complexity index is 569. The van der Waals surface area contributed by atoms with Gasteiger partial charge in [0.25, 0.3) is 0 Å². The van der Waals surface area contributed by atoms with E-state index >= 15 is 0 Å². The van der Waals surface area contributed by atoms with Gasteiger partial charge in [-0.1, -0.05) is 30.3 Å². The molecule has 2 saturated heterocycles. The molecule has 0 unspecified atom stereocenters. The number of fused-ring (bicyclic) bond motifs is 1. The van der Waals surface area contributed by atoms with E-state index in [4.69, 9.17) is 0 Å². The largest absolute Gasteiger partial charge is 0.312 e. The van der Waals surface area contributed by atoms with Crippen molar-refractivity contribution in [2.45, 2.75) is 18.9 Å². The lowest BCUT2D eigenvalue weighted by Crippen LogP contribution is -2.40. The molecule has 3 rings (SSSR count). The van der Waals surface area contributed by atoms with Crippen LogP contribution in [0.25, 0.3) is 6.08 Å². The summed E-state index contributed by atoms with van der Waals surface area (Å²) in [5.41, 5.74) is 0.908. The third kappa shape index (κ3) is 2.95. The molecule has 0 spiro atoms. The Hall–Kier alpha value is -1.17. The lowest BCUT2D eigenvalue weighted by atomic mass is 9.94. The Balaban J connectivity index is 1.71. The number of nitrogens with one attached hydrogen (secondary N) is 1. The van der Waals surface area contributed by atoms with Gasteiger partial charge in [-0.2, -0.15) is 4.31 Å². The first-order valence-electron chi connectivity index (χ1n) is 7.12. The van der Waals surface area contributed by atoms with Gasteiger partial charge in [0.05, 0.1) is 0 Å². The van der Waals surface area contributed by atoms with Gasteiger partial charge in [-0.3, -0.25) is 0 Å². The molecule has 0 aromatic heterocycles. The highest BCUT2D eigenvalue weighted by molar-refractivity contribution is 7.92. The number of piperidine rings is 1. The van der Waals surface area contributed by atoms with Gasteiger partial charge < -0.3 is 5.32 Å². The topological polar surface area (TPSA) is 49.4 Å². The molecular weight excluding hydrogens is 272 g/mol. The van der Waals surface area contributed by atoms with Gasteiger partial charge in [0.1, 0.15) is 0 Å². The van der Waals surface area contributed by atoms with E-state index in [2.05, 4.69) is 5.32 Å². The molecule has 2 aliphatic heterocycles. The molecular formula is C15H20N2O2S. The molecule has 0 bridgehead atoms. The second-order valence-electron chi connectivity index (χ2n) is 5.54. The fraction of sp³-hybridized carbons (Fsp3) is 0.467. The first-order chi connectivity index (χ1) is 9.65. The average molecular weight is 292 g/mol. The number of nitrogens with zero attached hydrogens (tertiary/aromatic N) is 1. The second-order valence-corrected chi connectivity index (χ2v) is 7.36. The Kier molecular flexibility index (Phi) is 3.92. The third-order valence-electron chi connectivity index (χ3n) is 4.16. The standard InChI is InChI=1S/C15H20N2O2S/c18-20(19,10-8-13-5-2-1-3-6-13)17-11-14-7-4-9-16-15(14)12-17/h1-3,5-6,8,10,14-16H,4,7,9,11-12H2/b10-8+/t14-,15+/m0/s1. The highest BCUT2D eigenvalue weighted by Gasteiger charge is 2.38. The molecule has 1 aromatic carbocycles. The summed E-state index contributed by atoms with van der Waals surface area (Å²) in [6.45, 7) is 2.26. The van der Waals surface area contributed by atoms with Crippen LogP contribution in [-0.2, 0) is 10.0 Å². The number of hydrogen-bond acceptors (Lipinski definition) is 3. The lowest BCUT2D eigenvalue weighted by molar-refractivity contribution is 0.339. The molecule has 1 N–H and O–H groups in total. The Labute approximate surface area is 120 Å². The van der Waals surface area contributed by atoms with E-state index < -0.39 is 10.0 Å². The second kappa shape index (κ2) is 5.68. The van der Waals surface area contributed by atoms with Crippen LogP contribution in [0.5, 0.6) is 0 Å². The number of benzene rings is 1. The van der Waals surface area contributed by atoms with Crippen LogP contribution in [0.4, 0.5) is 0 Å². The van der Waals surface area contributed by atoms with E-state index in [1.165, 1.54) is 5.41 Å².